The van der Waals surface area contributed by atoms with Gasteiger partial charge in [-0.05, 0) is 72.5 Å². The van der Waals surface area contributed by atoms with E-state index in [2.05, 4.69) is 39.4 Å². The zero-order chi connectivity index (χ0) is 13.0. The molecule has 2 aromatic heterocycles. The van der Waals surface area contributed by atoms with E-state index in [1.54, 1.807) is 0 Å². The van der Waals surface area contributed by atoms with Gasteiger partial charge in [0.2, 0.25) is 0 Å². The van der Waals surface area contributed by atoms with Crippen molar-refractivity contribution in [3.05, 3.63) is 33.7 Å². The zero-order valence-electron chi connectivity index (χ0n) is 11.4. The highest BCUT2D eigenvalue weighted by Gasteiger charge is 2.38. The second kappa shape index (κ2) is 4.08. The lowest BCUT2D eigenvalue weighted by atomic mass is 9.73. The molecule has 0 amide bonds. The van der Waals surface area contributed by atoms with Gasteiger partial charge in [0.15, 0.2) is 0 Å². The van der Waals surface area contributed by atoms with Crippen LogP contribution < -0.4 is 0 Å². The summed E-state index contributed by atoms with van der Waals surface area (Å²) in [5.74, 6) is 0. The van der Waals surface area contributed by atoms with Gasteiger partial charge in [-0.15, -0.1) is 0 Å². The van der Waals surface area contributed by atoms with E-state index in [0.29, 0.717) is 5.41 Å². The lowest BCUT2D eigenvalue weighted by Gasteiger charge is -2.33. The number of rotatable bonds is 0. The Morgan fingerprint density at radius 2 is 2.00 bits per heavy atom. The summed E-state index contributed by atoms with van der Waals surface area (Å²) >= 11 is 3.66. The van der Waals surface area contributed by atoms with Crippen LogP contribution in [0.25, 0.3) is 5.65 Å². The molecule has 3 heteroatoms. The summed E-state index contributed by atoms with van der Waals surface area (Å²) in [4.78, 5) is 4.85. The highest BCUT2D eigenvalue weighted by Crippen LogP contribution is 2.47. The average molecular weight is 319 g/mol. The molecule has 0 unspecified atom stereocenters. The van der Waals surface area contributed by atoms with Gasteiger partial charge < -0.3 is 0 Å². The van der Waals surface area contributed by atoms with E-state index < -0.39 is 0 Å². The number of fused-ring (bicyclic) bond motifs is 3. The first-order valence-electron chi connectivity index (χ1n) is 7.34. The Labute approximate surface area is 122 Å². The summed E-state index contributed by atoms with van der Waals surface area (Å²) in [6.45, 7) is 2.19. The van der Waals surface area contributed by atoms with Crippen LogP contribution in [0.3, 0.4) is 0 Å². The fourth-order valence-electron chi connectivity index (χ4n) is 4.14. The van der Waals surface area contributed by atoms with Gasteiger partial charge in [-0.2, -0.15) is 0 Å². The first kappa shape index (κ1) is 12.0. The second-order valence-corrected chi connectivity index (χ2v) is 7.20. The van der Waals surface area contributed by atoms with Gasteiger partial charge in [-0.1, -0.05) is 12.8 Å². The quantitative estimate of drug-likeness (QED) is 0.701. The fourth-order valence-corrected chi connectivity index (χ4v) is 4.45. The Hall–Kier alpha value is -0.830. The molecular formula is C16H19BrN2. The molecule has 1 saturated carbocycles. The molecule has 0 saturated heterocycles. The topological polar surface area (TPSA) is 17.3 Å². The summed E-state index contributed by atoms with van der Waals surface area (Å²) in [5, 5.41) is 0. The van der Waals surface area contributed by atoms with Crippen LogP contribution in [0.4, 0.5) is 0 Å². The first-order chi connectivity index (χ1) is 9.19. The Bertz CT molecular complexity index is 650. The Morgan fingerprint density at radius 3 is 2.79 bits per heavy atom. The Balaban J connectivity index is 1.91. The molecule has 2 aliphatic rings. The van der Waals surface area contributed by atoms with Crippen LogP contribution >= 0.6 is 15.9 Å². The van der Waals surface area contributed by atoms with Gasteiger partial charge in [-0.25, -0.2) is 4.98 Å². The highest BCUT2D eigenvalue weighted by molar-refractivity contribution is 9.10. The average Bonchev–Trinajstić information content (AvgIpc) is 2.99. The van der Waals surface area contributed by atoms with E-state index in [1.165, 1.54) is 66.5 Å². The lowest BCUT2D eigenvalue weighted by Crippen LogP contribution is -2.26. The molecule has 2 aromatic rings. The maximum atomic E-state index is 4.85. The molecule has 100 valence electrons. The third-order valence-corrected chi connectivity index (χ3v) is 6.08. The normalized spacial score (nSPS) is 21.2. The van der Waals surface area contributed by atoms with E-state index in [-0.39, 0.29) is 0 Å². The molecule has 2 nitrogen and oxygen atoms in total. The molecular weight excluding hydrogens is 300 g/mol. The monoisotopic (exact) mass is 318 g/mol. The van der Waals surface area contributed by atoms with Crippen LogP contribution in [0, 0.1) is 12.3 Å². The van der Waals surface area contributed by atoms with Gasteiger partial charge in [0.1, 0.15) is 5.65 Å². The van der Waals surface area contributed by atoms with Crippen molar-refractivity contribution in [1.29, 1.82) is 0 Å². The van der Waals surface area contributed by atoms with Gasteiger partial charge >= 0.3 is 0 Å². The maximum absolute atomic E-state index is 4.85. The first-order valence-corrected chi connectivity index (χ1v) is 8.13. The number of pyridine rings is 1. The van der Waals surface area contributed by atoms with E-state index in [4.69, 9.17) is 4.98 Å². The van der Waals surface area contributed by atoms with Crippen LogP contribution in [0.15, 0.2) is 16.6 Å². The van der Waals surface area contributed by atoms with Crippen molar-refractivity contribution in [2.75, 3.05) is 0 Å². The van der Waals surface area contributed by atoms with E-state index in [0.717, 1.165) is 5.65 Å². The number of nitrogens with zero attached hydrogens (tertiary/aromatic N) is 2. The molecule has 4 rings (SSSR count). The molecule has 2 heterocycles. The molecule has 0 N–H and O–H groups in total. The van der Waals surface area contributed by atoms with Crippen molar-refractivity contribution < 1.29 is 0 Å². The number of hydrogen-bond acceptors (Lipinski definition) is 1. The Kier molecular flexibility index (Phi) is 2.57. The number of halogens is 1. The number of aromatic nitrogens is 2. The molecule has 1 fully saturated rings. The summed E-state index contributed by atoms with van der Waals surface area (Å²) < 4.78 is 3.57. The van der Waals surface area contributed by atoms with Crippen molar-refractivity contribution in [3.8, 4) is 0 Å². The van der Waals surface area contributed by atoms with Crippen LogP contribution in [0.2, 0.25) is 0 Å². The molecule has 0 aromatic carbocycles. The largest absolute Gasteiger partial charge is 0.300 e. The number of aryl methyl sites for hydroxylation is 2. The zero-order valence-corrected chi connectivity index (χ0v) is 13.0. The minimum absolute atomic E-state index is 0.595. The van der Waals surface area contributed by atoms with Crippen molar-refractivity contribution in [3.63, 3.8) is 0 Å². The molecule has 2 aliphatic carbocycles. The van der Waals surface area contributed by atoms with Crippen LogP contribution in [-0.2, 0) is 12.8 Å². The SMILES string of the molecule is Cc1c(Br)ccc2nc3c(n12)CC1(CCCC1)CC3. The second-order valence-electron chi connectivity index (χ2n) is 6.35. The summed E-state index contributed by atoms with van der Waals surface area (Å²) in [5.41, 5.74) is 5.85. The predicted octanol–water partition coefficient (Wildman–Crippen LogP) is 4.45. The maximum Gasteiger partial charge on any atom is 0.137 e. The molecule has 0 atom stereocenters. The molecule has 0 bridgehead atoms. The third kappa shape index (κ3) is 1.70. The van der Waals surface area contributed by atoms with E-state index >= 15 is 0 Å². The van der Waals surface area contributed by atoms with Crippen molar-refractivity contribution in [2.24, 2.45) is 5.41 Å². The third-order valence-electron chi connectivity index (χ3n) is 5.24. The standard InChI is InChI=1S/C16H19BrN2/c1-11-12(17)4-5-15-18-13-6-9-16(7-2-3-8-16)10-14(13)19(11)15/h4-5H,2-3,6-10H2,1H3. The Morgan fingerprint density at radius 1 is 1.21 bits per heavy atom. The molecule has 0 aliphatic heterocycles. The van der Waals surface area contributed by atoms with E-state index in [9.17, 15) is 0 Å². The summed E-state index contributed by atoms with van der Waals surface area (Å²) in [6, 6.07) is 4.26. The molecule has 0 radical (unpaired) electrons. The fraction of sp³-hybridized carbons (Fsp3) is 0.562. The van der Waals surface area contributed by atoms with Gasteiger partial charge in [0, 0.05) is 15.9 Å². The smallest absolute Gasteiger partial charge is 0.137 e. The van der Waals surface area contributed by atoms with E-state index in [1.807, 2.05) is 0 Å². The van der Waals surface area contributed by atoms with Gasteiger partial charge in [0.25, 0.3) is 0 Å². The van der Waals surface area contributed by atoms with Gasteiger partial charge in [0.05, 0.1) is 5.69 Å². The predicted molar refractivity (Wildman–Crippen MR) is 80.6 cm³/mol. The van der Waals surface area contributed by atoms with Crippen LogP contribution in [0.5, 0.6) is 0 Å². The highest BCUT2D eigenvalue weighted by atomic mass is 79.9. The lowest BCUT2D eigenvalue weighted by molar-refractivity contribution is 0.250. The number of hydrogen-bond donors (Lipinski definition) is 0. The molecule has 19 heavy (non-hydrogen) atoms. The molecule has 1 spiro atoms. The van der Waals surface area contributed by atoms with Crippen molar-refractivity contribution in [2.45, 2.75) is 51.9 Å². The van der Waals surface area contributed by atoms with Crippen molar-refractivity contribution in [1.82, 2.24) is 9.38 Å². The summed E-state index contributed by atoms with van der Waals surface area (Å²) in [7, 11) is 0. The summed E-state index contributed by atoms with van der Waals surface area (Å²) in [6.07, 6.45) is 9.46. The minimum Gasteiger partial charge on any atom is -0.300 e. The van der Waals surface area contributed by atoms with Crippen molar-refractivity contribution >= 4 is 21.6 Å². The van der Waals surface area contributed by atoms with Crippen LogP contribution in [-0.4, -0.2) is 9.38 Å². The minimum atomic E-state index is 0.595. The van der Waals surface area contributed by atoms with Gasteiger partial charge in [-0.3, -0.25) is 4.40 Å². The number of imidazole rings is 1. The van der Waals surface area contributed by atoms with Crippen LogP contribution in [0.1, 0.15) is 49.2 Å².